The molecule has 0 unspecified atom stereocenters. The molecule has 0 fully saturated rings. The van der Waals surface area contributed by atoms with Crippen molar-refractivity contribution < 1.29 is 30.0 Å². The highest BCUT2D eigenvalue weighted by Gasteiger charge is 2.34. The molecule has 1 N–H and O–H groups in total. The van der Waals surface area contributed by atoms with Crippen LogP contribution >= 0.6 is 11.6 Å². The van der Waals surface area contributed by atoms with E-state index in [2.05, 4.69) is 0 Å². The Hall–Kier alpha value is -1.78. The summed E-state index contributed by atoms with van der Waals surface area (Å²) in [5.74, 6) is 0. The monoisotopic (exact) mass is 413 g/mol. The second-order valence-electron chi connectivity index (χ2n) is 5.01. The maximum absolute atomic E-state index is 12.9. The van der Waals surface area contributed by atoms with E-state index < -0.39 is 41.5 Å². The number of nitrogens with one attached hydrogen (secondary N) is 1. The van der Waals surface area contributed by atoms with E-state index in [1.165, 1.54) is 24.3 Å². The summed E-state index contributed by atoms with van der Waals surface area (Å²) in [6, 6.07) is 7.22. The Kier molecular flexibility index (Phi) is 5.08. The van der Waals surface area contributed by atoms with Gasteiger partial charge in [0.05, 0.1) is 26.1 Å². The number of para-hydroxylation sites is 1. The molecule has 11 heteroatoms. The summed E-state index contributed by atoms with van der Waals surface area (Å²) in [4.78, 5) is -1.00. The normalized spacial score (nSPS) is 12.8. The molecule has 5 nitrogen and oxygen atoms in total. The lowest BCUT2D eigenvalue weighted by Crippen LogP contribution is -2.16. The molecule has 0 atom stereocenters. The summed E-state index contributed by atoms with van der Waals surface area (Å²) >= 11 is 5.46. The molecule has 0 amide bonds. The molecule has 0 saturated carbocycles. The van der Waals surface area contributed by atoms with Gasteiger partial charge in [0, 0.05) is 6.26 Å². The van der Waals surface area contributed by atoms with Gasteiger partial charge in [0.1, 0.15) is 0 Å². The minimum Gasteiger partial charge on any atom is -0.278 e. The molecule has 0 aliphatic carbocycles. The molecule has 0 saturated heterocycles. The second-order valence-corrected chi connectivity index (χ2v) is 9.09. The first-order valence-corrected chi connectivity index (χ1v) is 10.3. The molecule has 0 spiro atoms. The van der Waals surface area contributed by atoms with Gasteiger partial charge in [0.2, 0.25) is 0 Å². The molecule has 0 radical (unpaired) electrons. The molecule has 0 heterocycles. The third-order valence-corrected chi connectivity index (χ3v) is 5.93. The largest absolute Gasteiger partial charge is 0.417 e. The van der Waals surface area contributed by atoms with Gasteiger partial charge in [0.15, 0.2) is 9.84 Å². The maximum Gasteiger partial charge on any atom is 0.417 e. The number of halogens is 4. The number of benzene rings is 2. The first-order chi connectivity index (χ1) is 11.3. The predicted octanol–water partition coefficient (Wildman–Crippen LogP) is 3.56. The van der Waals surface area contributed by atoms with Crippen LogP contribution in [0.25, 0.3) is 0 Å². The van der Waals surface area contributed by atoms with Crippen LogP contribution in [-0.2, 0) is 26.0 Å². The van der Waals surface area contributed by atoms with Crippen LogP contribution in [0.3, 0.4) is 0 Å². The van der Waals surface area contributed by atoms with E-state index >= 15 is 0 Å². The van der Waals surface area contributed by atoms with E-state index in [9.17, 15) is 30.0 Å². The Morgan fingerprint density at radius 2 is 1.60 bits per heavy atom. The fourth-order valence-electron chi connectivity index (χ4n) is 1.97. The first kappa shape index (κ1) is 19.5. The van der Waals surface area contributed by atoms with Crippen LogP contribution in [0.4, 0.5) is 18.9 Å². The molecule has 0 aromatic heterocycles. The zero-order valence-corrected chi connectivity index (χ0v) is 14.9. The Bertz CT molecular complexity index is 1020. The van der Waals surface area contributed by atoms with Crippen LogP contribution in [0, 0.1) is 0 Å². The number of rotatable bonds is 4. The summed E-state index contributed by atoms with van der Waals surface area (Å²) in [7, 11) is -8.22. The van der Waals surface area contributed by atoms with Crippen LogP contribution in [0.2, 0.25) is 5.02 Å². The van der Waals surface area contributed by atoms with E-state index in [1.54, 1.807) is 0 Å². The Balaban J connectivity index is 2.53. The van der Waals surface area contributed by atoms with Crippen molar-refractivity contribution in [3.8, 4) is 0 Å². The molecule has 2 aromatic carbocycles. The minimum atomic E-state index is -4.84. The van der Waals surface area contributed by atoms with Crippen LogP contribution in [-0.4, -0.2) is 23.1 Å². The molecular formula is C14H11ClF3NO4S2. The lowest BCUT2D eigenvalue weighted by Gasteiger charge is -2.14. The Morgan fingerprint density at radius 3 is 2.16 bits per heavy atom. The molecule has 2 rings (SSSR count). The molecule has 0 bridgehead atoms. The van der Waals surface area contributed by atoms with Crippen molar-refractivity contribution in [1.82, 2.24) is 0 Å². The van der Waals surface area contributed by atoms with Gasteiger partial charge >= 0.3 is 6.18 Å². The molecule has 25 heavy (non-hydrogen) atoms. The number of hydrogen-bond donors (Lipinski definition) is 1. The zero-order valence-electron chi connectivity index (χ0n) is 12.5. The van der Waals surface area contributed by atoms with Gasteiger partial charge in [-0.1, -0.05) is 23.7 Å². The van der Waals surface area contributed by atoms with Gasteiger partial charge in [-0.15, -0.1) is 0 Å². The standard InChI is InChI=1S/C14H11ClF3NO4S2/c1-24(20,21)13-5-3-2-4-12(13)19-25(22,23)9-6-7-11(15)10(8-9)14(16,17)18/h2-8,19H,1H3. The number of hydrogen-bond acceptors (Lipinski definition) is 4. The van der Waals surface area contributed by atoms with E-state index in [4.69, 9.17) is 11.6 Å². The summed E-state index contributed by atoms with van der Waals surface area (Å²) in [6.45, 7) is 0. The van der Waals surface area contributed by atoms with Gasteiger partial charge in [0.25, 0.3) is 10.0 Å². The molecule has 0 aliphatic heterocycles. The third-order valence-electron chi connectivity index (χ3n) is 3.08. The third kappa shape index (κ3) is 4.44. The van der Waals surface area contributed by atoms with Gasteiger partial charge in [-0.3, -0.25) is 4.72 Å². The van der Waals surface area contributed by atoms with E-state index in [0.29, 0.717) is 6.07 Å². The van der Waals surface area contributed by atoms with Crippen molar-refractivity contribution in [3.63, 3.8) is 0 Å². The van der Waals surface area contributed by atoms with Gasteiger partial charge in [-0.2, -0.15) is 13.2 Å². The van der Waals surface area contributed by atoms with Crippen molar-refractivity contribution in [3.05, 3.63) is 53.1 Å². The van der Waals surface area contributed by atoms with Crippen molar-refractivity contribution in [2.45, 2.75) is 16.0 Å². The highest BCUT2D eigenvalue weighted by Crippen LogP contribution is 2.36. The Morgan fingerprint density at radius 1 is 1.00 bits per heavy atom. The zero-order chi connectivity index (χ0) is 19.0. The average molecular weight is 414 g/mol. The average Bonchev–Trinajstić information content (AvgIpc) is 2.45. The quantitative estimate of drug-likeness (QED) is 0.831. The minimum absolute atomic E-state index is 0.270. The molecule has 0 aliphatic rings. The molecule has 136 valence electrons. The summed E-state index contributed by atoms with van der Waals surface area (Å²) in [6.07, 6.45) is -3.96. The van der Waals surface area contributed by atoms with Gasteiger partial charge in [-0.05, 0) is 30.3 Å². The highest BCUT2D eigenvalue weighted by molar-refractivity contribution is 7.93. The van der Waals surface area contributed by atoms with Crippen molar-refractivity contribution in [1.29, 1.82) is 0 Å². The van der Waals surface area contributed by atoms with Crippen molar-refractivity contribution >= 4 is 37.1 Å². The Labute approximate surface area is 147 Å². The van der Waals surface area contributed by atoms with Crippen LogP contribution < -0.4 is 4.72 Å². The fourth-order valence-corrected chi connectivity index (χ4v) is 4.21. The fraction of sp³-hybridized carbons (Fsp3) is 0.143. The first-order valence-electron chi connectivity index (χ1n) is 6.51. The van der Waals surface area contributed by atoms with Crippen LogP contribution in [0.5, 0.6) is 0 Å². The molecule has 2 aromatic rings. The number of sulfonamides is 1. The predicted molar refractivity (Wildman–Crippen MR) is 86.8 cm³/mol. The van der Waals surface area contributed by atoms with E-state index in [1.807, 2.05) is 4.72 Å². The molecular weight excluding hydrogens is 403 g/mol. The SMILES string of the molecule is CS(=O)(=O)c1ccccc1NS(=O)(=O)c1ccc(Cl)c(C(F)(F)F)c1. The smallest absolute Gasteiger partial charge is 0.278 e. The van der Waals surface area contributed by atoms with E-state index in [-0.39, 0.29) is 10.6 Å². The van der Waals surface area contributed by atoms with Crippen LogP contribution in [0.15, 0.2) is 52.3 Å². The van der Waals surface area contributed by atoms with Gasteiger partial charge in [-0.25, -0.2) is 16.8 Å². The lowest BCUT2D eigenvalue weighted by atomic mass is 10.2. The maximum atomic E-state index is 12.9. The summed E-state index contributed by atoms with van der Waals surface area (Å²) < 4.78 is 88.8. The number of anilines is 1. The second kappa shape index (κ2) is 6.50. The summed E-state index contributed by atoms with van der Waals surface area (Å²) in [5, 5.41) is -0.650. The van der Waals surface area contributed by atoms with Gasteiger partial charge < -0.3 is 0 Å². The number of sulfone groups is 1. The topological polar surface area (TPSA) is 80.3 Å². The van der Waals surface area contributed by atoms with Crippen molar-refractivity contribution in [2.24, 2.45) is 0 Å². The lowest BCUT2D eigenvalue weighted by molar-refractivity contribution is -0.137. The van der Waals surface area contributed by atoms with Crippen molar-refractivity contribution in [2.75, 3.05) is 11.0 Å². The van der Waals surface area contributed by atoms with Crippen LogP contribution in [0.1, 0.15) is 5.56 Å². The van der Waals surface area contributed by atoms with E-state index in [0.717, 1.165) is 18.4 Å². The number of alkyl halides is 3. The summed E-state index contributed by atoms with van der Waals surface area (Å²) in [5.41, 5.74) is -1.58. The highest BCUT2D eigenvalue weighted by atomic mass is 35.5.